The summed E-state index contributed by atoms with van der Waals surface area (Å²) in [5, 5.41) is 11.4. The van der Waals surface area contributed by atoms with E-state index in [2.05, 4.69) is 13.8 Å². The Balaban J connectivity index is 1.77. The van der Waals surface area contributed by atoms with Gasteiger partial charge < -0.3 is 0 Å². The third-order valence-electron chi connectivity index (χ3n) is 5.73. The lowest BCUT2D eigenvalue weighted by Crippen LogP contribution is -3.40. The Morgan fingerprint density at radius 3 is 2.14 bits per heavy atom. The van der Waals surface area contributed by atoms with Crippen molar-refractivity contribution in [2.24, 2.45) is 10.8 Å². The fourth-order valence-corrected chi connectivity index (χ4v) is 5.76. The smallest absolute Gasteiger partial charge is 0.280 e. The molecular formula is C16H23N3O2+2. The van der Waals surface area contributed by atoms with Crippen molar-refractivity contribution in [1.29, 1.82) is 0 Å². The van der Waals surface area contributed by atoms with Crippen LogP contribution in [0.1, 0.15) is 32.0 Å². The van der Waals surface area contributed by atoms with E-state index in [9.17, 15) is 10.1 Å². The Kier molecular flexibility index (Phi) is 2.55. The highest BCUT2D eigenvalue weighted by Crippen LogP contribution is 2.40. The number of hydrogen-bond donors (Lipinski definition) is 2. The summed E-state index contributed by atoms with van der Waals surface area (Å²) in [4.78, 5) is 14.3. The molecule has 2 N–H and O–H groups in total. The predicted molar refractivity (Wildman–Crippen MR) is 78.1 cm³/mol. The van der Waals surface area contributed by atoms with Crippen molar-refractivity contribution in [1.82, 2.24) is 0 Å². The van der Waals surface area contributed by atoms with Gasteiger partial charge in [0, 0.05) is 6.07 Å². The molecule has 0 aromatic heterocycles. The van der Waals surface area contributed by atoms with Crippen LogP contribution in [-0.4, -0.2) is 31.1 Å². The van der Waals surface area contributed by atoms with Crippen LogP contribution < -0.4 is 9.80 Å². The zero-order valence-electron chi connectivity index (χ0n) is 12.7. The first-order valence-corrected chi connectivity index (χ1v) is 7.82. The van der Waals surface area contributed by atoms with Crippen LogP contribution in [0.4, 0.5) is 5.69 Å². The number of piperidine rings is 2. The van der Waals surface area contributed by atoms with Crippen LogP contribution in [0.5, 0.6) is 0 Å². The summed E-state index contributed by atoms with van der Waals surface area (Å²) in [7, 11) is 0. The van der Waals surface area contributed by atoms with Crippen LogP contribution in [0.15, 0.2) is 24.3 Å². The molecule has 0 saturated carbocycles. The summed E-state index contributed by atoms with van der Waals surface area (Å²) in [6, 6.07) is 7.34. The molecule has 0 atom stereocenters. The minimum absolute atomic E-state index is 0.217. The van der Waals surface area contributed by atoms with Crippen molar-refractivity contribution < 1.29 is 14.7 Å². The molecule has 0 aliphatic carbocycles. The van der Waals surface area contributed by atoms with Crippen LogP contribution in [0.3, 0.4) is 0 Å². The SMILES string of the molecule is CC12C[NH+]3CC(C)(C[NH+](C1)C3c1ccccc1[N+](=O)[O-])C2. The number of hydrogen-bond acceptors (Lipinski definition) is 2. The van der Waals surface area contributed by atoms with E-state index < -0.39 is 0 Å². The fraction of sp³-hybridized carbons (Fsp3) is 0.625. The van der Waals surface area contributed by atoms with Gasteiger partial charge in [0.15, 0.2) is 0 Å². The maximum absolute atomic E-state index is 11.4. The fourth-order valence-electron chi connectivity index (χ4n) is 5.76. The molecule has 5 heteroatoms. The van der Waals surface area contributed by atoms with Crippen LogP contribution in [-0.2, 0) is 0 Å². The van der Waals surface area contributed by atoms with Crippen molar-refractivity contribution >= 4 is 5.69 Å². The molecule has 0 spiro atoms. The number of nitro benzene ring substituents is 1. The topological polar surface area (TPSA) is 52.0 Å². The summed E-state index contributed by atoms with van der Waals surface area (Å²) in [5.74, 6) is 0. The summed E-state index contributed by atoms with van der Waals surface area (Å²) in [6.07, 6.45) is 1.56. The molecule has 4 aliphatic heterocycles. The molecule has 21 heavy (non-hydrogen) atoms. The van der Waals surface area contributed by atoms with Gasteiger partial charge in [-0.05, 0) is 26.3 Å². The van der Waals surface area contributed by atoms with Crippen LogP contribution in [0, 0.1) is 20.9 Å². The predicted octanol–water partition coefficient (Wildman–Crippen LogP) is -0.193. The van der Waals surface area contributed by atoms with Gasteiger partial charge in [-0.2, -0.15) is 0 Å². The first-order valence-electron chi connectivity index (χ1n) is 7.82. The van der Waals surface area contributed by atoms with Crippen LogP contribution in [0.25, 0.3) is 0 Å². The molecular weight excluding hydrogens is 266 g/mol. The van der Waals surface area contributed by atoms with E-state index in [1.807, 2.05) is 12.1 Å². The molecule has 1 aromatic rings. The Morgan fingerprint density at radius 1 is 1.10 bits per heavy atom. The van der Waals surface area contributed by atoms with Gasteiger partial charge in [0.2, 0.25) is 6.17 Å². The van der Waals surface area contributed by atoms with Gasteiger partial charge in [0.25, 0.3) is 5.69 Å². The number of quaternary nitrogens is 2. The number of nitrogens with zero attached hydrogens (tertiary/aromatic N) is 1. The number of para-hydroxylation sites is 1. The Hall–Kier alpha value is -1.46. The number of nitrogens with one attached hydrogen (secondary N) is 2. The second-order valence-corrected chi connectivity index (χ2v) is 8.07. The molecule has 4 heterocycles. The second-order valence-electron chi connectivity index (χ2n) is 8.07. The van der Waals surface area contributed by atoms with Crippen molar-refractivity contribution in [3.05, 3.63) is 39.9 Å². The van der Waals surface area contributed by atoms with Gasteiger partial charge in [-0.15, -0.1) is 0 Å². The van der Waals surface area contributed by atoms with Crippen LogP contribution in [0.2, 0.25) is 0 Å². The van der Waals surface area contributed by atoms with E-state index in [0.717, 1.165) is 31.7 Å². The number of benzene rings is 1. The average molecular weight is 289 g/mol. The number of rotatable bonds is 2. The van der Waals surface area contributed by atoms with Crippen molar-refractivity contribution in [2.45, 2.75) is 26.4 Å². The van der Waals surface area contributed by atoms with Gasteiger partial charge in [0.1, 0.15) is 5.56 Å². The molecule has 112 valence electrons. The molecule has 5 nitrogen and oxygen atoms in total. The Labute approximate surface area is 124 Å². The molecule has 0 amide bonds. The lowest BCUT2D eigenvalue weighted by atomic mass is 9.63. The quantitative estimate of drug-likeness (QED) is 0.585. The molecule has 5 rings (SSSR count). The lowest BCUT2D eigenvalue weighted by Gasteiger charge is -2.60. The highest BCUT2D eigenvalue weighted by Gasteiger charge is 2.63. The Morgan fingerprint density at radius 2 is 1.62 bits per heavy atom. The lowest BCUT2D eigenvalue weighted by molar-refractivity contribution is -1.18. The van der Waals surface area contributed by atoms with Gasteiger partial charge >= 0.3 is 0 Å². The number of nitro groups is 1. The highest BCUT2D eigenvalue weighted by atomic mass is 16.6. The first kappa shape index (κ1) is 13.2. The monoisotopic (exact) mass is 289 g/mol. The molecule has 1 aromatic carbocycles. The summed E-state index contributed by atoms with van der Waals surface area (Å²) < 4.78 is 0. The van der Waals surface area contributed by atoms with E-state index in [4.69, 9.17) is 0 Å². The third kappa shape index (κ3) is 1.91. The third-order valence-corrected chi connectivity index (χ3v) is 5.73. The zero-order valence-corrected chi connectivity index (χ0v) is 12.7. The van der Waals surface area contributed by atoms with Crippen LogP contribution >= 0.6 is 0 Å². The van der Waals surface area contributed by atoms with Gasteiger partial charge in [-0.25, -0.2) is 0 Å². The first-order chi connectivity index (χ1) is 9.89. The Bertz CT molecular complexity index is 579. The van der Waals surface area contributed by atoms with E-state index in [-0.39, 0.29) is 11.1 Å². The summed E-state index contributed by atoms with van der Waals surface area (Å²) in [6.45, 7) is 9.43. The minimum atomic E-state index is -0.217. The summed E-state index contributed by atoms with van der Waals surface area (Å²) in [5.41, 5.74) is 2.05. The van der Waals surface area contributed by atoms with E-state index in [1.165, 1.54) is 6.42 Å². The van der Waals surface area contributed by atoms with Crippen molar-refractivity contribution in [3.63, 3.8) is 0 Å². The van der Waals surface area contributed by atoms with E-state index >= 15 is 0 Å². The zero-order chi connectivity index (χ0) is 14.8. The molecule has 4 bridgehead atoms. The minimum Gasteiger partial charge on any atom is -0.280 e. The largest absolute Gasteiger partial charge is 0.285 e. The molecule has 4 aliphatic rings. The highest BCUT2D eigenvalue weighted by molar-refractivity contribution is 5.40. The van der Waals surface area contributed by atoms with E-state index in [0.29, 0.717) is 16.5 Å². The maximum Gasteiger partial charge on any atom is 0.285 e. The van der Waals surface area contributed by atoms with Gasteiger partial charge in [0.05, 0.1) is 41.9 Å². The van der Waals surface area contributed by atoms with Gasteiger partial charge in [-0.3, -0.25) is 19.9 Å². The van der Waals surface area contributed by atoms with Crippen molar-refractivity contribution in [2.75, 3.05) is 26.2 Å². The maximum atomic E-state index is 11.4. The molecule has 4 fully saturated rings. The van der Waals surface area contributed by atoms with Gasteiger partial charge in [-0.1, -0.05) is 12.1 Å². The normalized spacial score (nSPS) is 44.0. The molecule has 0 unspecified atom stereocenters. The van der Waals surface area contributed by atoms with Crippen molar-refractivity contribution in [3.8, 4) is 0 Å². The standard InChI is InChI=1S/C16H21N3O2/c1-15-7-16(2)10-17(8-15)14(18(9-15)11-16)12-5-3-4-6-13(12)19(20)21/h3-6,14H,7-11H2,1-2H3/p+2. The van der Waals surface area contributed by atoms with E-state index in [1.54, 1.807) is 21.9 Å². The molecule has 0 radical (unpaired) electrons. The summed E-state index contributed by atoms with van der Waals surface area (Å²) >= 11 is 0. The molecule has 4 saturated heterocycles. The second kappa shape index (κ2) is 4.05. The average Bonchev–Trinajstić information content (AvgIpc) is 2.35.